The molecule has 37 heavy (non-hydrogen) atoms. The van der Waals surface area contributed by atoms with Crippen LogP contribution in [-0.2, 0) is 6.54 Å². The van der Waals surface area contributed by atoms with Crippen molar-refractivity contribution in [1.82, 2.24) is 19.5 Å². The summed E-state index contributed by atoms with van der Waals surface area (Å²) in [4.78, 5) is 29.3. The molecule has 0 spiro atoms. The van der Waals surface area contributed by atoms with Gasteiger partial charge in [0.1, 0.15) is 11.3 Å². The summed E-state index contributed by atoms with van der Waals surface area (Å²) in [6.07, 6.45) is 12.3. The van der Waals surface area contributed by atoms with Gasteiger partial charge in [0.25, 0.3) is 0 Å². The predicted octanol–water partition coefficient (Wildman–Crippen LogP) is 5.59. The zero-order chi connectivity index (χ0) is 25.7. The molecule has 4 N–H and O–H groups in total. The second-order valence-electron chi connectivity index (χ2n) is 11.9. The van der Waals surface area contributed by atoms with Crippen LogP contribution < -0.4 is 11.1 Å². The van der Waals surface area contributed by atoms with Crippen LogP contribution in [0.4, 0.5) is 10.6 Å². The van der Waals surface area contributed by atoms with Crippen molar-refractivity contribution in [3.63, 3.8) is 0 Å². The van der Waals surface area contributed by atoms with Crippen molar-refractivity contribution < 1.29 is 9.90 Å². The molecule has 9 heteroatoms. The maximum absolute atomic E-state index is 11.2. The van der Waals surface area contributed by atoms with E-state index in [1.54, 1.807) is 5.57 Å². The van der Waals surface area contributed by atoms with E-state index >= 15 is 0 Å². The molecule has 0 saturated heterocycles. The molecule has 3 aliphatic carbocycles. The summed E-state index contributed by atoms with van der Waals surface area (Å²) in [6.45, 7) is 5.48. The molecular formula is C28H39N7O2. The van der Waals surface area contributed by atoms with E-state index in [-0.39, 0.29) is 17.7 Å². The third kappa shape index (κ3) is 4.50. The van der Waals surface area contributed by atoms with Gasteiger partial charge in [-0.25, -0.2) is 19.7 Å². The molecule has 198 valence electrons. The molecule has 9 nitrogen and oxygen atoms in total. The molecule has 1 aliphatic heterocycles. The molecule has 4 aliphatic rings. The lowest BCUT2D eigenvalue weighted by molar-refractivity contribution is 0.205. The highest BCUT2D eigenvalue weighted by atomic mass is 16.4. The van der Waals surface area contributed by atoms with Gasteiger partial charge in [-0.2, -0.15) is 4.99 Å². The minimum absolute atomic E-state index is 0.117. The van der Waals surface area contributed by atoms with Crippen LogP contribution in [0, 0.1) is 23.7 Å². The summed E-state index contributed by atoms with van der Waals surface area (Å²) in [5, 5.41) is 12.8. The number of amides is 1. The maximum Gasteiger partial charge on any atom is 0.433 e. The number of anilines is 1. The Morgan fingerprint density at radius 2 is 1.84 bits per heavy atom. The zero-order valence-electron chi connectivity index (χ0n) is 22.0. The van der Waals surface area contributed by atoms with Crippen LogP contribution in [0.25, 0.3) is 16.7 Å². The van der Waals surface area contributed by atoms with Gasteiger partial charge in [-0.1, -0.05) is 38.2 Å². The number of nitrogens with two attached hydrogens (primary N) is 1. The molecule has 3 heterocycles. The summed E-state index contributed by atoms with van der Waals surface area (Å²) >= 11 is 0. The van der Waals surface area contributed by atoms with Crippen molar-refractivity contribution in [2.75, 3.05) is 5.32 Å². The molecule has 2 aromatic rings. The predicted molar refractivity (Wildman–Crippen MR) is 144 cm³/mol. The fourth-order valence-electron chi connectivity index (χ4n) is 7.10. The maximum atomic E-state index is 11.2. The second kappa shape index (κ2) is 9.72. The van der Waals surface area contributed by atoms with E-state index in [1.165, 1.54) is 76.2 Å². The normalized spacial score (nSPS) is 25.9. The van der Waals surface area contributed by atoms with Crippen LogP contribution in [-0.4, -0.2) is 42.6 Å². The number of amidine groups is 1. The molecule has 0 aromatic carbocycles. The summed E-state index contributed by atoms with van der Waals surface area (Å²) in [5.74, 6) is 4.04. The van der Waals surface area contributed by atoms with E-state index in [1.807, 2.05) is 0 Å². The molecule has 3 unspecified atom stereocenters. The van der Waals surface area contributed by atoms with Gasteiger partial charge >= 0.3 is 6.09 Å². The lowest BCUT2D eigenvalue weighted by Crippen LogP contribution is -2.32. The van der Waals surface area contributed by atoms with Gasteiger partial charge in [0.2, 0.25) is 0 Å². The van der Waals surface area contributed by atoms with E-state index in [0.717, 1.165) is 17.9 Å². The summed E-state index contributed by atoms with van der Waals surface area (Å²) in [7, 11) is 0. The average molecular weight is 506 g/mol. The van der Waals surface area contributed by atoms with E-state index in [9.17, 15) is 9.90 Å². The topological polar surface area (TPSA) is 131 Å². The Hall–Kier alpha value is -2.97. The first kappa shape index (κ1) is 24.4. The van der Waals surface area contributed by atoms with Crippen molar-refractivity contribution >= 4 is 34.5 Å². The molecule has 3 fully saturated rings. The van der Waals surface area contributed by atoms with Gasteiger partial charge in [0, 0.05) is 12.6 Å². The summed E-state index contributed by atoms with van der Waals surface area (Å²) < 4.78 is 2.37. The van der Waals surface area contributed by atoms with Gasteiger partial charge in [-0.3, -0.25) is 0 Å². The lowest BCUT2D eigenvalue weighted by Gasteiger charge is -2.39. The van der Waals surface area contributed by atoms with Crippen molar-refractivity contribution in [2.45, 2.75) is 97.1 Å². The Kier molecular flexibility index (Phi) is 6.41. The first-order valence-electron chi connectivity index (χ1n) is 14.2. The Morgan fingerprint density at radius 1 is 1.05 bits per heavy atom. The molecule has 0 bridgehead atoms. The SMILES string of the molecule is CC1CCC2Cn3c(nc4nc(C(N)=NC(=O)O)nc(NC(C)C5CCC5)c43)C(C3CCCCC3)=C2C1. The number of nitrogens with one attached hydrogen (secondary N) is 1. The van der Waals surface area contributed by atoms with Gasteiger partial charge < -0.3 is 20.7 Å². The molecular weight excluding hydrogens is 466 g/mol. The van der Waals surface area contributed by atoms with Crippen LogP contribution in [0.2, 0.25) is 0 Å². The number of nitrogens with zero attached hydrogens (tertiary/aromatic N) is 5. The third-order valence-electron chi connectivity index (χ3n) is 9.34. The van der Waals surface area contributed by atoms with Crippen molar-refractivity contribution in [1.29, 1.82) is 0 Å². The highest BCUT2D eigenvalue weighted by Crippen LogP contribution is 2.48. The number of fused-ring (bicyclic) bond motifs is 4. The van der Waals surface area contributed by atoms with Crippen LogP contribution in [0.5, 0.6) is 0 Å². The third-order valence-corrected chi connectivity index (χ3v) is 9.34. The van der Waals surface area contributed by atoms with E-state index < -0.39 is 6.09 Å². The van der Waals surface area contributed by atoms with Gasteiger partial charge in [-0.15, -0.1) is 0 Å². The fraction of sp³-hybridized carbons (Fsp3) is 0.679. The monoisotopic (exact) mass is 505 g/mol. The van der Waals surface area contributed by atoms with Crippen LogP contribution in [0.1, 0.15) is 96.1 Å². The van der Waals surface area contributed by atoms with Crippen molar-refractivity contribution in [3.8, 4) is 0 Å². The number of aliphatic imine (C=N–C) groups is 1. The van der Waals surface area contributed by atoms with Crippen LogP contribution >= 0.6 is 0 Å². The molecule has 3 saturated carbocycles. The number of carboxylic acid groups (broad SMARTS) is 1. The molecule has 1 amide bonds. The number of carbonyl (C=O) groups is 1. The Bertz CT molecular complexity index is 1270. The highest BCUT2D eigenvalue weighted by molar-refractivity contribution is 6.01. The Labute approximate surface area is 218 Å². The fourth-order valence-corrected chi connectivity index (χ4v) is 7.10. The standard InChI is InChI=1S/C28H39N7O2/c1-15-11-12-19-14-35-22-24(30-16(2)17-9-6-10-17)32-26(23(29)31-28(36)37)33-25(22)34-27(35)21(20(19)13-15)18-7-4-3-5-8-18/h15-19H,3-14H2,1-2H3,(H2,29,31)(H,36,37)(H,30,32,33). The number of hydrogen-bond acceptors (Lipinski definition) is 5. The lowest BCUT2D eigenvalue weighted by atomic mass is 9.70. The minimum Gasteiger partial charge on any atom is -0.463 e. The molecule has 0 radical (unpaired) electrons. The Balaban J connectivity index is 1.52. The van der Waals surface area contributed by atoms with Crippen molar-refractivity contribution in [3.05, 3.63) is 17.2 Å². The van der Waals surface area contributed by atoms with Gasteiger partial charge in [0.15, 0.2) is 23.1 Å². The average Bonchev–Trinajstić information content (AvgIpc) is 3.19. The number of hydrogen-bond donors (Lipinski definition) is 3. The number of aromatic nitrogens is 4. The molecule has 2 aromatic heterocycles. The number of allylic oxidation sites excluding steroid dienone is 2. The largest absolute Gasteiger partial charge is 0.463 e. The summed E-state index contributed by atoms with van der Waals surface area (Å²) in [6, 6.07) is 0.242. The van der Waals surface area contributed by atoms with Gasteiger partial charge in [0.05, 0.1) is 0 Å². The number of rotatable bonds is 5. The van der Waals surface area contributed by atoms with E-state index in [4.69, 9.17) is 15.7 Å². The molecule has 6 rings (SSSR count). The van der Waals surface area contributed by atoms with Crippen molar-refractivity contribution in [2.24, 2.45) is 34.4 Å². The second-order valence-corrected chi connectivity index (χ2v) is 11.9. The summed E-state index contributed by atoms with van der Waals surface area (Å²) in [5.41, 5.74) is 10.6. The number of imidazole rings is 1. The first-order valence-corrected chi connectivity index (χ1v) is 14.2. The first-order chi connectivity index (χ1) is 17.9. The van der Waals surface area contributed by atoms with E-state index in [0.29, 0.717) is 35.1 Å². The zero-order valence-corrected chi connectivity index (χ0v) is 22.0. The quantitative estimate of drug-likeness (QED) is 0.356. The van der Waals surface area contributed by atoms with Crippen LogP contribution in [0.15, 0.2) is 10.6 Å². The highest BCUT2D eigenvalue weighted by Gasteiger charge is 2.38. The van der Waals surface area contributed by atoms with E-state index in [2.05, 4.69) is 33.7 Å². The molecule has 3 atom stereocenters. The van der Waals surface area contributed by atoms with Crippen LogP contribution in [0.3, 0.4) is 0 Å². The smallest absolute Gasteiger partial charge is 0.433 e. The minimum atomic E-state index is -1.36. The Morgan fingerprint density at radius 3 is 2.54 bits per heavy atom. The van der Waals surface area contributed by atoms with Gasteiger partial charge in [-0.05, 0) is 81.1 Å².